The van der Waals surface area contributed by atoms with Crippen molar-refractivity contribution in [2.45, 2.75) is 12.5 Å². The molecule has 0 saturated carbocycles. The number of ether oxygens (including phenoxy) is 1. The van der Waals surface area contributed by atoms with Crippen LogP contribution in [0.1, 0.15) is 16.9 Å². The summed E-state index contributed by atoms with van der Waals surface area (Å²) in [5.74, 6) is 0.444. The van der Waals surface area contributed by atoms with Crippen molar-refractivity contribution in [3.8, 4) is 0 Å². The van der Waals surface area contributed by atoms with E-state index < -0.39 is 0 Å². The van der Waals surface area contributed by atoms with Crippen LogP contribution in [0, 0.1) is 0 Å². The molecule has 2 N–H and O–H groups in total. The fourth-order valence-corrected chi connectivity index (χ4v) is 4.21. The zero-order valence-corrected chi connectivity index (χ0v) is 17.5. The van der Waals surface area contributed by atoms with Crippen molar-refractivity contribution >= 4 is 34.0 Å². The Kier molecular flexibility index (Phi) is 5.21. The molecule has 3 aromatic rings. The van der Waals surface area contributed by atoms with Gasteiger partial charge < -0.3 is 25.0 Å². The fraction of sp³-hybridized carbons (Fsp3) is 0.409. The van der Waals surface area contributed by atoms with E-state index in [2.05, 4.69) is 20.3 Å². The van der Waals surface area contributed by atoms with Gasteiger partial charge in [-0.25, -0.2) is 4.98 Å². The number of hydrogen-bond acceptors (Lipinski definition) is 7. The highest BCUT2D eigenvalue weighted by atomic mass is 16.5. The second-order valence-corrected chi connectivity index (χ2v) is 8.05. The van der Waals surface area contributed by atoms with Crippen LogP contribution in [-0.4, -0.2) is 71.3 Å². The van der Waals surface area contributed by atoms with Crippen LogP contribution in [0.2, 0.25) is 0 Å². The molecule has 0 aliphatic carbocycles. The normalized spacial score (nSPS) is 19.2. The molecule has 1 unspecified atom stereocenters. The molecule has 2 aromatic heterocycles. The van der Waals surface area contributed by atoms with Gasteiger partial charge in [0.1, 0.15) is 11.5 Å². The fourth-order valence-electron chi connectivity index (χ4n) is 4.21. The van der Waals surface area contributed by atoms with Gasteiger partial charge in [0.25, 0.3) is 5.91 Å². The van der Waals surface area contributed by atoms with Crippen molar-refractivity contribution in [3.05, 3.63) is 42.2 Å². The number of aliphatic hydroxyl groups is 1. The predicted molar refractivity (Wildman–Crippen MR) is 119 cm³/mol. The number of morpholine rings is 1. The number of hydrogen-bond donors (Lipinski definition) is 2. The summed E-state index contributed by atoms with van der Waals surface area (Å²) in [5, 5.41) is 18.3. The summed E-state index contributed by atoms with van der Waals surface area (Å²) < 4.78 is 7.26. The number of carbonyl (C=O) groups is 1. The minimum Gasteiger partial charge on any atom is -0.391 e. The smallest absolute Gasteiger partial charge is 0.274 e. The quantitative estimate of drug-likeness (QED) is 0.660. The topological polar surface area (TPSA) is 95.8 Å². The number of fused-ring (bicyclic) bond motifs is 1. The number of aromatic nitrogens is 3. The first-order valence-corrected chi connectivity index (χ1v) is 10.6. The Morgan fingerprint density at radius 1 is 1.19 bits per heavy atom. The monoisotopic (exact) mass is 422 g/mol. The summed E-state index contributed by atoms with van der Waals surface area (Å²) in [6.07, 6.45) is 2.30. The number of pyridine rings is 1. The maximum Gasteiger partial charge on any atom is 0.274 e. The highest BCUT2D eigenvalue weighted by Crippen LogP contribution is 2.32. The molecule has 9 nitrogen and oxygen atoms in total. The van der Waals surface area contributed by atoms with E-state index in [1.54, 1.807) is 10.7 Å². The van der Waals surface area contributed by atoms with Gasteiger partial charge in [0.2, 0.25) is 0 Å². The average molecular weight is 422 g/mol. The molecule has 0 spiro atoms. The number of benzene rings is 1. The van der Waals surface area contributed by atoms with E-state index in [-0.39, 0.29) is 12.0 Å². The lowest BCUT2D eigenvalue weighted by molar-refractivity contribution is 0.102. The number of β-amino-alcohol motifs (C(OH)–C–C–N with tert-alkyl or cyclic N) is 1. The number of aliphatic hydroxyl groups excluding tert-OH is 1. The summed E-state index contributed by atoms with van der Waals surface area (Å²) in [5.41, 5.74) is 2.89. The minimum absolute atomic E-state index is 0.264. The van der Waals surface area contributed by atoms with E-state index in [9.17, 15) is 9.90 Å². The zero-order valence-electron chi connectivity index (χ0n) is 17.5. The predicted octanol–water partition coefficient (Wildman–Crippen LogP) is 1.63. The molecule has 2 aliphatic rings. The lowest BCUT2D eigenvalue weighted by atomic mass is 10.1. The summed E-state index contributed by atoms with van der Waals surface area (Å²) in [6, 6.07) is 9.39. The standard InChI is InChI=1S/C22H26N6O3/c1-26-13-15-11-19(20(12-18(15)25-26)27-7-9-31-10-8-27)24-22(30)17-3-2-4-21(23-17)28-6-5-16(29)14-28/h2-4,11-13,16,29H,5-10,14H2,1H3,(H,24,30). The molecule has 1 atom stereocenters. The lowest BCUT2D eigenvalue weighted by Crippen LogP contribution is -2.36. The van der Waals surface area contributed by atoms with E-state index in [0.717, 1.165) is 41.9 Å². The second-order valence-electron chi connectivity index (χ2n) is 8.05. The second kappa shape index (κ2) is 8.16. The van der Waals surface area contributed by atoms with Crippen molar-refractivity contribution < 1.29 is 14.6 Å². The summed E-state index contributed by atoms with van der Waals surface area (Å²) in [7, 11) is 1.89. The highest BCUT2D eigenvalue weighted by molar-refractivity contribution is 6.06. The van der Waals surface area contributed by atoms with Crippen LogP contribution >= 0.6 is 0 Å². The number of aryl methyl sites for hydroxylation is 1. The summed E-state index contributed by atoms with van der Waals surface area (Å²) in [6.45, 7) is 4.09. The summed E-state index contributed by atoms with van der Waals surface area (Å²) >= 11 is 0. The molecule has 1 aromatic carbocycles. The number of nitrogens with one attached hydrogen (secondary N) is 1. The van der Waals surface area contributed by atoms with Gasteiger partial charge in [0, 0.05) is 44.8 Å². The maximum atomic E-state index is 13.1. The first-order chi connectivity index (χ1) is 15.1. The number of nitrogens with zero attached hydrogens (tertiary/aromatic N) is 5. The number of rotatable bonds is 4. The first-order valence-electron chi connectivity index (χ1n) is 10.6. The maximum absolute atomic E-state index is 13.1. The van der Waals surface area contributed by atoms with Gasteiger partial charge in [-0.2, -0.15) is 5.10 Å². The third-order valence-electron chi connectivity index (χ3n) is 5.79. The molecular formula is C22H26N6O3. The van der Waals surface area contributed by atoms with Gasteiger partial charge in [-0.1, -0.05) is 6.07 Å². The average Bonchev–Trinajstić information content (AvgIpc) is 3.38. The number of carbonyl (C=O) groups excluding carboxylic acids is 1. The van der Waals surface area contributed by atoms with Crippen LogP contribution in [0.25, 0.3) is 10.9 Å². The highest BCUT2D eigenvalue weighted by Gasteiger charge is 2.23. The Bertz CT molecular complexity index is 1110. The van der Waals surface area contributed by atoms with Gasteiger partial charge >= 0.3 is 0 Å². The van der Waals surface area contributed by atoms with Gasteiger partial charge in [-0.05, 0) is 30.7 Å². The van der Waals surface area contributed by atoms with Crippen molar-refractivity contribution in [2.24, 2.45) is 7.05 Å². The summed E-state index contributed by atoms with van der Waals surface area (Å²) in [4.78, 5) is 21.9. The van der Waals surface area contributed by atoms with E-state index in [0.29, 0.717) is 37.7 Å². The SMILES string of the molecule is Cn1cc2cc(NC(=O)c3cccc(N4CCC(O)C4)n3)c(N3CCOCC3)cc2n1. The Labute approximate surface area is 180 Å². The Hall–Kier alpha value is -3.17. The Morgan fingerprint density at radius 3 is 2.81 bits per heavy atom. The molecule has 9 heteroatoms. The van der Waals surface area contributed by atoms with Gasteiger partial charge in [-0.3, -0.25) is 9.48 Å². The van der Waals surface area contributed by atoms with E-state index in [1.165, 1.54) is 0 Å². The molecule has 0 radical (unpaired) electrons. The van der Waals surface area contributed by atoms with Gasteiger partial charge in [-0.15, -0.1) is 0 Å². The van der Waals surface area contributed by atoms with Crippen LogP contribution in [0.5, 0.6) is 0 Å². The van der Waals surface area contributed by atoms with Crippen LogP contribution < -0.4 is 15.1 Å². The van der Waals surface area contributed by atoms with Crippen molar-refractivity contribution in [1.82, 2.24) is 14.8 Å². The van der Waals surface area contributed by atoms with Crippen molar-refractivity contribution in [3.63, 3.8) is 0 Å². The molecule has 4 heterocycles. The van der Waals surface area contributed by atoms with Crippen molar-refractivity contribution in [2.75, 3.05) is 54.5 Å². The molecule has 31 heavy (non-hydrogen) atoms. The molecule has 2 aliphatic heterocycles. The molecule has 162 valence electrons. The molecule has 2 fully saturated rings. The molecule has 0 bridgehead atoms. The number of amides is 1. The van der Waals surface area contributed by atoms with Crippen molar-refractivity contribution in [1.29, 1.82) is 0 Å². The Balaban J connectivity index is 1.44. The number of anilines is 3. The molecule has 5 rings (SSSR count). The largest absolute Gasteiger partial charge is 0.391 e. The third-order valence-corrected chi connectivity index (χ3v) is 5.79. The van der Waals surface area contributed by atoms with E-state index >= 15 is 0 Å². The van der Waals surface area contributed by atoms with Gasteiger partial charge in [0.05, 0.1) is 36.2 Å². The molecular weight excluding hydrogens is 396 g/mol. The van der Waals surface area contributed by atoms with E-state index in [1.807, 2.05) is 42.4 Å². The van der Waals surface area contributed by atoms with Crippen LogP contribution in [0.15, 0.2) is 36.5 Å². The lowest BCUT2D eigenvalue weighted by Gasteiger charge is -2.30. The Morgan fingerprint density at radius 2 is 2.03 bits per heavy atom. The molecule has 2 saturated heterocycles. The minimum atomic E-state index is -0.346. The van der Waals surface area contributed by atoms with Crippen LogP contribution in [-0.2, 0) is 11.8 Å². The molecule has 1 amide bonds. The van der Waals surface area contributed by atoms with Gasteiger partial charge in [0.15, 0.2) is 0 Å². The zero-order chi connectivity index (χ0) is 21.4. The van der Waals surface area contributed by atoms with Crippen LogP contribution in [0.4, 0.5) is 17.2 Å². The third kappa shape index (κ3) is 4.06. The van der Waals surface area contributed by atoms with Crippen LogP contribution in [0.3, 0.4) is 0 Å². The van der Waals surface area contributed by atoms with E-state index in [4.69, 9.17) is 4.74 Å². The first kappa shape index (κ1) is 19.8.